The summed E-state index contributed by atoms with van der Waals surface area (Å²) in [5.74, 6) is 1.57. The van der Waals surface area contributed by atoms with Crippen molar-refractivity contribution in [3.8, 4) is 5.88 Å². The van der Waals surface area contributed by atoms with Crippen molar-refractivity contribution in [2.75, 3.05) is 13.7 Å². The van der Waals surface area contributed by atoms with Crippen LogP contribution < -0.4 is 4.74 Å². The van der Waals surface area contributed by atoms with Gasteiger partial charge in [0.25, 0.3) is 0 Å². The zero-order valence-corrected chi connectivity index (χ0v) is 11.4. The van der Waals surface area contributed by atoms with Gasteiger partial charge in [0.1, 0.15) is 12.2 Å². The van der Waals surface area contributed by atoms with Crippen molar-refractivity contribution in [2.24, 2.45) is 0 Å². The number of imidazole rings is 1. The Morgan fingerprint density at radius 2 is 2.42 bits per heavy atom. The molecule has 2 aromatic heterocycles. The normalized spacial score (nSPS) is 19.2. The predicted molar refractivity (Wildman–Crippen MR) is 70.4 cm³/mol. The first-order valence-corrected chi connectivity index (χ1v) is 6.78. The largest absolute Gasteiger partial charge is 0.479 e. The molecule has 0 aromatic carbocycles. The molecule has 0 aliphatic carbocycles. The van der Waals surface area contributed by atoms with E-state index in [9.17, 15) is 0 Å². The minimum Gasteiger partial charge on any atom is -0.479 e. The molecule has 1 fully saturated rings. The summed E-state index contributed by atoms with van der Waals surface area (Å²) in [7, 11) is 1.57. The molecule has 1 unspecified atom stereocenters. The molecule has 2 aromatic rings. The van der Waals surface area contributed by atoms with Crippen molar-refractivity contribution in [2.45, 2.75) is 31.4 Å². The number of methoxy groups -OCH3 is 1. The number of hydrogen-bond donors (Lipinski definition) is 0. The minimum atomic E-state index is 0.209. The van der Waals surface area contributed by atoms with Crippen molar-refractivity contribution in [3.63, 3.8) is 0 Å². The molecular weight excluding hydrogens is 268 g/mol. The second-order valence-electron chi connectivity index (χ2n) is 4.46. The second kappa shape index (κ2) is 5.30. The van der Waals surface area contributed by atoms with Crippen LogP contribution in [0.3, 0.4) is 0 Å². The van der Waals surface area contributed by atoms with Crippen LogP contribution in [-0.4, -0.2) is 39.3 Å². The van der Waals surface area contributed by atoms with E-state index in [1.807, 2.05) is 4.57 Å². The van der Waals surface area contributed by atoms with Crippen LogP contribution in [0.15, 0.2) is 6.33 Å². The summed E-state index contributed by atoms with van der Waals surface area (Å²) in [5, 5.41) is 0. The average molecular weight is 283 g/mol. The van der Waals surface area contributed by atoms with E-state index < -0.39 is 0 Å². The Kier molecular flexibility index (Phi) is 3.52. The number of rotatable bonds is 4. The fraction of sp³-hybridized carbons (Fsp3) is 0.583. The summed E-state index contributed by atoms with van der Waals surface area (Å²) in [5.41, 5.74) is 1.40. The van der Waals surface area contributed by atoms with Gasteiger partial charge in [-0.05, 0) is 12.8 Å². The fourth-order valence-electron chi connectivity index (χ4n) is 2.40. The third-order valence-corrected chi connectivity index (χ3v) is 3.54. The van der Waals surface area contributed by atoms with Crippen LogP contribution in [0.2, 0.25) is 0 Å². The van der Waals surface area contributed by atoms with E-state index >= 15 is 0 Å². The lowest BCUT2D eigenvalue weighted by molar-refractivity contribution is 0.0972. The van der Waals surface area contributed by atoms with Crippen LogP contribution in [0, 0.1) is 0 Å². The fourth-order valence-corrected chi connectivity index (χ4v) is 2.60. The van der Waals surface area contributed by atoms with Gasteiger partial charge in [-0.1, -0.05) is 0 Å². The minimum absolute atomic E-state index is 0.209. The molecule has 0 amide bonds. The topological polar surface area (TPSA) is 62.1 Å². The standard InChI is InChI=1S/C12H15ClN4O2/c1-18-12-10-11(14-7-15-12)17(9(5-13)16-10)6-8-3-2-4-19-8/h7-8H,2-6H2,1H3. The Hall–Kier alpha value is -1.40. The Morgan fingerprint density at radius 3 is 3.11 bits per heavy atom. The molecule has 1 atom stereocenters. The lowest BCUT2D eigenvalue weighted by Crippen LogP contribution is -2.17. The van der Waals surface area contributed by atoms with Crippen molar-refractivity contribution >= 4 is 22.8 Å². The number of nitrogens with zero attached hydrogens (tertiary/aromatic N) is 4. The van der Waals surface area contributed by atoms with Crippen molar-refractivity contribution < 1.29 is 9.47 Å². The zero-order valence-electron chi connectivity index (χ0n) is 10.7. The molecule has 0 saturated carbocycles. The maximum atomic E-state index is 5.97. The summed E-state index contributed by atoms with van der Waals surface area (Å²) in [4.78, 5) is 12.8. The third-order valence-electron chi connectivity index (χ3n) is 3.30. The molecule has 0 radical (unpaired) electrons. The van der Waals surface area contributed by atoms with E-state index in [0.717, 1.165) is 37.5 Å². The molecular formula is C12H15ClN4O2. The summed E-state index contributed by atoms with van der Waals surface area (Å²) in [6.07, 6.45) is 3.85. The Labute approximate surface area is 115 Å². The number of hydrogen-bond acceptors (Lipinski definition) is 5. The molecule has 0 N–H and O–H groups in total. The van der Waals surface area contributed by atoms with E-state index in [1.165, 1.54) is 6.33 Å². The lowest BCUT2D eigenvalue weighted by Gasteiger charge is -2.12. The van der Waals surface area contributed by atoms with Gasteiger partial charge in [-0.3, -0.25) is 0 Å². The van der Waals surface area contributed by atoms with E-state index in [1.54, 1.807) is 7.11 Å². The molecule has 1 aliphatic rings. The van der Waals surface area contributed by atoms with Crippen molar-refractivity contribution in [1.29, 1.82) is 0 Å². The molecule has 6 nitrogen and oxygen atoms in total. The van der Waals surface area contributed by atoms with Gasteiger partial charge in [-0.2, -0.15) is 4.98 Å². The van der Waals surface area contributed by atoms with Crippen LogP contribution >= 0.6 is 11.6 Å². The SMILES string of the molecule is COc1ncnc2c1nc(CCl)n2CC1CCCO1. The van der Waals surface area contributed by atoms with E-state index in [0.29, 0.717) is 17.3 Å². The van der Waals surface area contributed by atoms with Crippen molar-refractivity contribution in [1.82, 2.24) is 19.5 Å². The predicted octanol–water partition coefficient (Wildman–Crippen LogP) is 1.75. The van der Waals surface area contributed by atoms with Gasteiger partial charge in [-0.25, -0.2) is 9.97 Å². The average Bonchev–Trinajstić information content (AvgIpc) is 3.07. The number of ether oxygens (including phenoxy) is 2. The highest BCUT2D eigenvalue weighted by Gasteiger charge is 2.21. The third kappa shape index (κ3) is 2.26. The molecule has 0 spiro atoms. The molecule has 0 bridgehead atoms. The number of aromatic nitrogens is 4. The highest BCUT2D eigenvalue weighted by molar-refractivity contribution is 6.16. The van der Waals surface area contributed by atoms with E-state index in [4.69, 9.17) is 21.1 Å². The molecule has 1 saturated heterocycles. The number of fused-ring (bicyclic) bond motifs is 1. The highest BCUT2D eigenvalue weighted by Crippen LogP contribution is 2.24. The van der Waals surface area contributed by atoms with E-state index in [-0.39, 0.29) is 6.10 Å². The van der Waals surface area contributed by atoms with Crippen LogP contribution in [0.4, 0.5) is 0 Å². The van der Waals surface area contributed by atoms with Crippen LogP contribution in [0.5, 0.6) is 5.88 Å². The van der Waals surface area contributed by atoms with Gasteiger partial charge >= 0.3 is 0 Å². The van der Waals surface area contributed by atoms with Crippen LogP contribution in [-0.2, 0) is 17.2 Å². The van der Waals surface area contributed by atoms with Crippen LogP contribution in [0.1, 0.15) is 18.7 Å². The van der Waals surface area contributed by atoms with Gasteiger partial charge in [0.15, 0.2) is 11.2 Å². The Balaban J connectivity index is 2.05. The molecule has 102 valence electrons. The first-order valence-electron chi connectivity index (χ1n) is 6.25. The Morgan fingerprint density at radius 1 is 1.53 bits per heavy atom. The molecule has 3 heterocycles. The lowest BCUT2D eigenvalue weighted by atomic mass is 10.2. The van der Waals surface area contributed by atoms with Gasteiger partial charge in [-0.15, -0.1) is 11.6 Å². The number of halogens is 1. The molecule has 7 heteroatoms. The first-order chi connectivity index (χ1) is 9.33. The maximum absolute atomic E-state index is 5.97. The summed E-state index contributed by atoms with van der Waals surface area (Å²) in [6.45, 7) is 1.55. The van der Waals surface area contributed by atoms with Gasteiger partial charge in [0.2, 0.25) is 5.88 Å². The Bertz CT molecular complexity index is 580. The second-order valence-corrected chi connectivity index (χ2v) is 4.73. The van der Waals surface area contributed by atoms with Gasteiger partial charge in [0.05, 0.1) is 25.6 Å². The summed E-state index contributed by atoms with van der Waals surface area (Å²) in [6, 6.07) is 0. The molecule has 1 aliphatic heterocycles. The smallest absolute Gasteiger partial charge is 0.245 e. The maximum Gasteiger partial charge on any atom is 0.245 e. The first kappa shape index (κ1) is 12.6. The molecule has 19 heavy (non-hydrogen) atoms. The summed E-state index contributed by atoms with van der Waals surface area (Å²) < 4.78 is 12.9. The van der Waals surface area contributed by atoms with Crippen molar-refractivity contribution in [3.05, 3.63) is 12.2 Å². The zero-order chi connectivity index (χ0) is 13.2. The van der Waals surface area contributed by atoms with Gasteiger partial charge in [0, 0.05) is 6.61 Å². The van der Waals surface area contributed by atoms with Gasteiger partial charge < -0.3 is 14.0 Å². The summed E-state index contributed by atoms with van der Waals surface area (Å²) >= 11 is 5.97. The van der Waals surface area contributed by atoms with E-state index in [2.05, 4.69) is 15.0 Å². The quantitative estimate of drug-likeness (QED) is 0.800. The highest BCUT2D eigenvalue weighted by atomic mass is 35.5. The number of alkyl halides is 1. The monoisotopic (exact) mass is 282 g/mol. The molecule has 3 rings (SSSR count). The van der Waals surface area contributed by atoms with Crippen LogP contribution in [0.25, 0.3) is 11.2 Å².